The molecule has 3 rings (SSSR count). The molecule has 0 aliphatic rings. The molecule has 0 heterocycles. The molecule has 0 saturated carbocycles. The lowest BCUT2D eigenvalue weighted by Gasteiger charge is -2.14. The first-order chi connectivity index (χ1) is 14.1. The summed E-state index contributed by atoms with van der Waals surface area (Å²) in [6, 6.07) is 25.0. The van der Waals surface area contributed by atoms with Crippen LogP contribution in [-0.4, -0.2) is 23.5 Å². The zero-order valence-corrected chi connectivity index (χ0v) is 16.2. The minimum absolute atomic E-state index is 0.0756. The number of nitrogens with one attached hydrogen (secondary N) is 3. The fourth-order valence-corrected chi connectivity index (χ4v) is 2.72. The number of benzene rings is 3. The van der Waals surface area contributed by atoms with Crippen LogP contribution in [0.3, 0.4) is 0 Å². The van der Waals surface area contributed by atoms with Gasteiger partial charge in [0, 0.05) is 5.69 Å². The van der Waals surface area contributed by atoms with Crippen LogP contribution >= 0.6 is 12.2 Å². The Morgan fingerprint density at radius 1 is 0.793 bits per heavy atom. The highest BCUT2D eigenvalue weighted by Crippen LogP contribution is 2.17. The first-order valence-corrected chi connectivity index (χ1v) is 9.27. The normalized spacial score (nSPS) is 9.93. The van der Waals surface area contributed by atoms with Gasteiger partial charge in [-0.3, -0.25) is 14.9 Å². The maximum absolute atomic E-state index is 12.6. The fraction of sp³-hybridized carbons (Fsp3) is 0.0455. The molecule has 0 saturated heterocycles. The number of hydrogen-bond donors (Lipinski definition) is 3. The summed E-state index contributed by atoms with van der Waals surface area (Å²) >= 11 is 5.19. The molecule has 3 aromatic rings. The van der Waals surface area contributed by atoms with Gasteiger partial charge in [0.2, 0.25) is 0 Å². The van der Waals surface area contributed by atoms with Crippen molar-refractivity contribution in [3.8, 4) is 5.75 Å². The molecule has 0 unspecified atom stereocenters. The van der Waals surface area contributed by atoms with Crippen LogP contribution in [0.4, 0.5) is 11.4 Å². The Balaban J connectivity index is 1.57. The van der Waals surface area contributed by atoms with Crippen LogP contribution in [0.5, 0.6) is 5.75 Å². The van der Waals surface area contributed by atoms with Crippen molar-refractivity contribution in [3.05, 3.63) is 90.5 Å². The number of ether oxygens (including phenoxy) is 1. The highest BCUT2D eigenvalue weighted by Gasteiger charge is 2.13. The smallest absolute Gasteiger partial charge is 0.264 e. The second-order valence-corrected chi connectivity index (χ2v) is 6.38. The third-order valence-electron chi connectivity index (χ3n) is 3.82. The molecule has 0 fully saturated rings. The van der Waals surface area contributed by atoms with Crippen LogP contribution in [-0.2, 0) is 4.79 Å². The van der Waals surface area contributed by atoms with Crippen molar-refractivity contribution in [2.24, 2.45) is 0 Å². The van der Waals surface area contributed by atoms with Crippen LogP contribution in [0.25, 0.3) is 0 Å². The summed E-state index contributed by atoms with van der Waals surface area (Å²) in [5.74, 6) is -0.108. The highest BCUT2D eigenvalue weighted by atomic mass is 32.1. The Kier molecular flexibility index (Phi) is 6.91. The molecule has 0 atom stereocenters. The number of rotatable bonds is 6. The molecule has 146 valence electrons. The summed E-state index contributed by atoms with van der Waals surface area (Å²) in [7, 11) is 0. The average Bonchev–Trinajstić information content (AvgIpc) is 2.74. The number of carbonyl (C=O) groups excluding carboxylic acids is 2. The predicted octanol–water partition coefficient (Wildman–Crippen LogP) is 3.83. The molecule has 0 aromatic heterocycles. The zero-order valence-electron chi connectivity index (χ0n) is 15.4. The van der Waals surface area contributed by atoms with Crippen molar-refractivity contribution in [1.29, 1.82) is 0 Å². The molecule has 0 aliphatic carbocycles. The van der Waals surface area contributed by atoms with E-state index in [0.717, 1.165) is 0 Å². The van der Waals surface area contributed by atoms with Crippen LogP contribution < -0.4 is 20.7 Å². The van der Waals surface area contributed by atoms with Gasteiger partial charge in [-0.2, -0.15) is 0 Å². The van der Waals surface area contributed by atoms with Crippen molar-refractivity contribution in [3.63, 3.8) is 0 Å². The molecule has 3 N–H and O–H groups in total. The van der Waals surface area contributed by atoms with Crippen molar-refractivity contribution in [1.82, 2.24) is 5.32 Å². The molecule has 0 radical (unpaired) electrons. The van der Waals surface area contributed by atoms with Gasteiger partial charge in [-0.15, -0.1) is 0 Å². The number of amides is 2. The summed E-state index contributed by atoms with van der Waals surface area (Å²) in [4.78, 5) is 24.6. The number of para-hydroxylation sites is 3. The average molecular weight is 405 g/mol. The minimum atomic E-state index is -0.405. The van der Waals surface area contributed by atoms with E-state index in [1.807, 2.05) is 36.4 Å². The van der Waals surface area contributed by atoms with E-state index in [0.29, 0.717) is 22.7 Å². The van der Waals surface area contributed by atoms with Gasteiger partial charge in [-0.05, 0) is 48.6 Å². The lowest BCUT2D eigenvalue weighted by molar-refractivity contribution is -0.121. The van der Waals surface area contributed by atoms with Gasteiger partial charge in [0.25, 0.3) is 11.8 Å². The topological polar surface area (TPSA) is 79.5 Å². The molecular formula is C22H19N3O3S. The maximum Gasteiger partial charge on any atom is 0.264 e. The minimum Gasteiger partial charge on any atom is -0.484 e. The van der Waals surface area contributed by atoms with Gasteiger partial charge in [0.1, 0.15) is 5.75 Å². The van der Waals surface area contributed by atoms with Crippen LogP contribution in [0.1, 0.15) is 10.4 Å². The first kappa shape index (κ1) is 20.0. The quantitative estimate of drug-likeness (QED) is 0.543. The van der Waals surface area contributed by atoms with Gasteiger partial charge >= 0.3 is 0 Å². The largest absolute Gasteiger partial charge is 0.484 e. The van der Waals surface area contributed by atoms with Crippen molar-refractivity contribution in [2.75, 3.05) is 17.2 Å². The van der Waals surface area contributed by atoms with Crippen molar-refractivity contribution >= 4 is 40.5 Å². The van der Waals surface area contributed by atoms with E-state index in [4.69, 9.17) is 17.0 Å². The van der Waals surface area contributed by atoms with Crippen LogP contribution in [0.2, 0.25) is 0 Å². The molecule has 3 aromatic carbocycles. The lowest BCUT2D eigenvalue weighted by atomic mass is 10.1. The maximum atomic E-state index is 12.6. The van der Waals surface area contributed by atoms with E-state index in [1.165, 1.54) is 0 Å². The Morgan fingerprint density at radius 2 is 1.41 bits per heavy atom. The zero-order chi connectivity index (χ0) is 20.5. The van der Waals surface area contributed by atoms with E-state index in [2.05, 4.69) is 16.0 Å². The molecule has 0 bridgehead atoms. The molecule has 7 heteroatoms. The SMILES string of the molecule is O=C(COc1ccccc1)NC(=S)Nc1ccccc1C(=O)Nc1ccccc1. The van der Waals surface area contributed by atoms with E-state index in [9.17, 15) is 9.59 Å². The van der Waals surface area contributed by atoms with Crippen molar-refractivity contribution < 1.29 is 14.3 Å². The van der Waals surface area contributed by atoms with Gasteiger partial charge in [0.15, 0.2) is 11.7 Å². The first-order valence-electron chi connectivity index (χ1n) is 8.86. The second kappa shape index (κ2) is 10.0. The summed E-state index contributed by atoms with van der Waals surface area (Å²) < 4.78 is 5.38. The summed E-state index contributed by atoms with van der Waals surface area (Å²) in [6.45, 7) is -0.179. The Hall–Kier alpha value is -3.71. The van der Waals surface area contributed by atoms with E-state index >= 15 is 0 Å². The number of hydrogen-bond acceptors (Lipinski definition) is 4. The molecule has 6 nitrogen and oxygen atoms in total. The van der Waals surface area contributed by atoms with Gasteiger partial charge in [0.05, 0.1) is 11.3 Å². The Morgan fingerprint density at radius 3 is 2.14 bits per heavy atom. The summed E-state index contributed by atoms with van der Waals surface area (Å²) in [5.41, 5.74) is 1.56. The highest BCUT2D eigenvalue weighted by molar-refractivity contribution is 7.80. The molecule has 0 aliphatic heterocycles. The molecule has 0 spiro atoms. The molecule has 2 amide bonds. The number of thiocarbonyl (C=S) groups is 1. The standard InChI is InChI=1S/C22H19N3O3S/c26-20(15-28-17-11-5-2-6-12-17)25-22(29)24-19-14-8-7-13-18(19)21(27)23-16-9-3-1-4-10-16/h1-14H,15H2,(H,23,27)(H2,24,25,26,29). The van der Waals surface area contributed by atoms with Gasteiger partial charge < -0.3 is 15.4 Å². The van der Waals surface area contributed by atoms with Crippen LogP contribution in [0.15, 0.2) is 84.9 Å². The van der Waals surface area contributed by atoms with Gasteiger partial charge in [-0.25, -0.2) is 0 Å². The Labute approximate surface area is 173 Å². The monoisotopic (exact) mass is 405 g/mol. The molecular weight excluding hydrogens is 386 g/mol. The number of anilines is 2. The predicted molar refractivity (Wildman–Crippen MR) is 117 cm³/mol. The lowest BCUT2D eigenvalue weighted by Crippen LogP contribution is -2.37. The third-order valence-corrected chi connectivity index (χ3v) is 4.02. The number of carbonyl (C=O) groups is 2. The van der Waals surface area contributed by atoms with E-state index in [-0.39, 0.29) is 17.6 Å². The Bertz CT molecular complexity index is 994. The van der Waals surface area contributed by atoms with Crippen molar-refractivity contribution in [2.45, 2.75) is 0 Å². The third kappa shape index (κ3) is 6.15. The summed E-state index contributed by atoms with van der Waals surface area (Å²) in [5, 5.41) is 8.33. The summed E-state index contributed by atoms with van der Waals surface area (Å²) in [6.07, 6.45) is 0. The molecule has 29 heavy (non-hydrogen) atoms. The van der Waals surface area contributed by atoms with E-state index in [1.54, 1.807) is 48.5 Å². The van der Waals surface area contributed by atoms with Crippen LogP contribution in [0, 0.1) is 0 Å². The fourth-order valence-electron chi connectivity index (χ4n) is 2.49. The second-order valence-electron chi connectivity index (χ2n) is 5.97. The van der Waals surface area contributed by atoms with Gasteiger partial charge in [-0.1, -0.05) is 48.5 Å². The van der Waals surface area contributed by atoms with E-state index < -0.39 is 5.91 Å².